The molecule has 27 heavy (non-hydrogen) atoms. The lowest BCUT2D eigenvalue weighted by atomic mass is 9.88. The fraction of sp³-hybridized carbons (Fsp3) is 0. The van der Waals surface area contributed by atoms with Crippen LogP contribution in [0.5, 0.6) is 0 Å². The second-order valence-electron chi connectivity index (χ2n) is 6.43. The lowest BCUT2D eigenvalue weighted by Crippen LogP contribution is -2.28. The molecule has 5 nitrogen and oxygen atoms in total. The van der Waals surface area contributed by atoms with Crippen LogP contribution in [0.25, 0.3) is 27.4 Å². The van der Waals surface area contributed by atoms with Gasteiger partial charge >= 0.3 is 0 Å². The van der Waals surface area contributed by atoms with Crippen LogP contribution < -0.4 is 16.2 Å². The maximum Gasteiger partial charge on any atom is 0.277 e. The van der Waals surface area contributed by atoms with Gasteiger partial charge in [0.25, 0.3) is 5.56 Å². The first-order valence-electron chi connectivity index (χ1n) is 8.34. The van der Waals surface area contributed by atoms with Crippen molar-refractivity contribution in [1.29, 1.82) is 0 Å². The van der Waals surface area contributed by atoms with E-state index in [1.807, 2.05) is 0 Å². The van der Waals surface area contributed by atoms with Gasteiger partial charge < -0.3 is 5.11 Å². The summed E-state index contributed by atoms with van der Waals surface area (Å²) in [6.07, 6.45) is 0. The van der Waals surface area contributed by atoms with Gasteiger partial charge in [-0.2, -0.15) is 0 Å². The van der Waals surface area contributed by atoms with E-state index in [0.29, 0.717) is 16.5 Å². The normalized spacial score (nSPS) is 12.9. The number of hydrogen-bond acceptors (Lipinski definition) is 5. The summed E-state index contributed by atoms with van der Waals surface area (Å²) in [5.74, 6) is -0.442. The number of fused-ring (bicyclic) bond motifs is 6. The van der Waals surface area contributed by atoms with Gasteiger partial charge in [0.15, 0.2) is 11.2 Å². The van der Waals surface area contributed by atoms with Crippen molar-refractivity contribution in [3.63, 3.8) is 0 Å². The number of nitrogens with zero attached hydrogens (tertiary/aromatic N) is 1. The minimum Gasteiger partial charge on any atom is -0.507 e. The Kier molecular flexibility index (Phi) is 3.03. The largest absolute Gasteiger partial charge is 0.507 e. The highest BCUT2D eigenvalue weighted by molar-refractivity contribution is 6.15. The zero-order chi connectivity index (χ0) is 18.7. The number of ketones is 1. The number of aromatic nitrogens is 1. The summed E-state index contributed by atoms with van der Waals surface area (Å²) in [6, 6.07) is 16.0. The Labute approximate surface area is 151 Å². The number of hydrogen-bond donors (Lipinski definition) is 1. The molecule has 2 bridgehead atoms. The van der Waals surface area contributed by atoms with Gasteiger partial charge in [-0.15, -0.1) is 0 Å². The van der Waals surface area contributed by atoms with E-state index < -0.39 is 5.56 Å². The number of aliphatic hydroxyl groups is 1. The molecular formula is C22H11NO4. The summed E-state index contributed by atoms with van der Waals surface area (Å²) in [5.41, 5.74) is 0.145. The molecule has 1 aromatic heterocycles. The summed E-state index contributed by atoms with van der Waals surface area (Å²) in [5, 5.41) is 11.8. The van der Waals surface area contributed by atoms with Crippen LogP contribution in [0.4, 0.5) is 0 Å². The Morgan fingerprint density at radius 1 is 0.741 bits per heavy atom. The first kappa shape index (κ1) is 15.4. The Morgan fingerprint density at radius 2 is 1.48 bits per heavy atom. The van der Waals surface area contributed by atoms with Crippen molar-refractivity contribution in [2.75, 3.05) is 0 Å². The highest BCUT2D eigenvalue weighted by Gasteiger charge is 2.25. The summed E-state index contributed by atoms with van der Waals surface area (Å²) >= 11 is 0. The van der Waals surface area contributed by atoms with E-state index in [-0.39, 0.29) is 44.0 Å². The first-order valence-corrected chi connectivity index (χ1v) is 8.34. The molecule has 0 spiro atoms. The summed E-state index contributed by atoms with van der Waals surface area (Å²) in [6.45, 7) is 0. The van der Waals surface area contributed by atoms with Gasteiger partial charge in [-0.3, -0.25) is 14.4 Å². The second kappa shape index (κ2) is 5.32. The maximum atomic E-state index is 12.9. The third-order valence-electron chi connectivity index (χ3n) is 4.92. The van der Waals surface area contributed by atoms with E-state index in [0.717, 1.165) is 0 Å². The minimum atomic E-state index is -0.530. The zero-order valence-corrected chi connectivity index (χ0v) is 13.9. The van der Waals surface area contributed by atoms with Crippen molar-refractivity contribution in [3.8, 4) is 0 Å². The molecule has 5 heteroatoms. The Balaban J connectivity index is 2.14. The lowest BCUT2D eigenvalue weighted by Gasteiger charge is -2.15. The highest BCUT2D eigenvalue weighted by Crippen LogP contribution is 2.23. The molecule has 0 fully saturated rings. The Bertz CT molecular complexity index is 1490. The highest BCUT2D eigenvalue weighted by atomic mass is 16.3. The molecule has 128 valence electrons. The predicted molar refractivity (Wildman–Crippen MR) is 102 cm³/mol. The van der Waals surface area contributed by atoms with E-state index in [9.17, 15) is 19.5 Å². The van der Waals surface area contributed by atoms with Crippen molar-refractivity contribution in [2.24, 2.45) is 0 Å². The van der Waals surface area contributed by atoms with Crippen LogP contribution in [0, 0.1) is 0 Å². The van der Waals surface area contributed by atoms with Crippen molar-refractivity contribution >= 4 is 33.2 Å². The number of rotatable bonds is 0. The molecule has 0 aliphatic heterocycles. The number of aliphatic hydroxyl groups excluding tert-OH is 1. The third-order valence-corrected chi connectivity index (χ3v) is 4.92. The molecule has 1 N–H and O–H groups in total. The van der Waals surface area contributed by atoms with Crippen molar-refractivity contribution < 1.29 is 9.90 Å². The number of carbonyl (C=O) groups is 1. The van der Waals surface area contributed by atoms with Crippen LogP contribution in [-0.4, -0.2) is 15.9 Å². The quantitative estimate of drug-likeness (QED) is 0.523. The standard InChI is InChI=1S/C22H11NO4/c24-19-11-4-3-5-12(10-11)22(27)23-18-16(19)9-8-15-17(18)21(26)14-7-2-1-6-13(14)20(15)25/h1-10,26H. The molecule has 0 saturated carbocycles. The summed E-state index contributed by atoms with van der Waals surface area (Å²) in [4.78, 5) is 42.5. The van der Waals surface area contributed by atoms with Crippen LogP contribution in [-0.2, 0) is 0 Å². The van der Waals surface area contributed by atoms with Crippen LogP contribution in [0.15, 0.2) is 70.3 Å². The topological polar surface area (TPSA) is 84.3 Å². The molecule has 1 aliphatic rings. The molecule has 0 saturated heterocycles. The molecule has 5 rings (SSSR count). The molecule has 0 atom stereocenters. The van der Waals surface area contributed by atoms with Gasteiger partial charge in [0.2, 0.25) is 0 Å². The fourth-order valence-corrected chi connectivity index (χ4v) is 3.60. The smallest absolute Gasteiger partial charge is 0.277 e. The average molecular weight is 353 g/mol. The van der Waals surface area contributed by atoms with Gasteiger partial charge in [-0.25, -0.2) is 4.98 Å². The molecule has 0 radical (unpaired) electrons. The average Bonchev–Trinajstić information content (AvgIpc) is 2.70. The van der Waals surface area contributed by atoms with Crippen LogP contribution in [0.3, 0.4) is 0 Å². The molecule has 4 aromatic rings. The first-order chi connectivity index (χ1) is 13.1. The maximum absolute atomic E-state index is 12.9. The minimum absolute atomic E-state index is 0.0367. The molecule has 0 unspecified atom stereocenters. The Hall–Kier alpha value is -3.86. The number of carbonyl (C=O) groups excluding carboxylic acids is 1. The lowest BCUT2D eigenvalue weighted by molar-refractivity contribution is 0.103. The molecule has 1 heterocycles. The van der Waals surface area contributed by atoms with Crippen molar-refractivity contribution in [1.82, 2.24) is 4.98 Å². The van der Waals surface area contributed by atoms with Crippen molar-refractivity contribution in [2.45, 2.75) is 0 Å². The summed E-state index contributed by atoms with van der Waals surface area (Å²) < 4.78 is 0. The van der Waals surface area contributed by atoms with Gasteiger partial charge in [0.05, 0.1) is 10.7 Å². The van der Waals surface area contributed by atoms with Crippen molar-refractivity contribution in [3.05, 3.63) is 103 Å². The zero-order valence-electron chi connectivity index (χ0n) is 13.9. The molecule has 1 aliphatic carbocycles. The SMILES string of the molecule is O=C1c2ccccc2C(O)=c2c1ccc1c(=O)c3cccc(c3)c(=O)nc21. The fourth-order valence-electron chi connectivity index (χ4n) is 3.60. The van der Waals surface area contributed by atoms with Crippen LogP contribution in [0.2, 0.25) is 0 Å². The Morgan fingerprint density at radius 3 is 2.30 bits per heavy atom. The molecule has 0 amide bonds. The second-order valence-corrected chi connectivity index (χ2v) is 6.43. The van der Waals surface area contributed by atoms with Gasteiger partial charge in [-0.05, 0) is 24.3 Å². The molecule has 3 aromatic carbocycles. The van der Waals surface area contributed by atoms with E-state index in [4.69, 9.17) is 0 Å². The third kappa shape index (κ3) is 2.05. The predicted octanol–water partition coefficient (Wildman–Crippen LogP) is 2.09. The van der Waals surface area contributed by atoms with Gasteiger partial charge in [0.1, 0.15) is 5.76 Å². The van der Waals surface area contributed by atoms with E-state index in [2.05, 4.69) is 4.98 Å². The monoisotopic (exact) mass is 353 g/mol. The molecular weight excluding hydrogens is 342 g/mol. The summed E-state index contributed by atoms with van der Waals surface area (Å²) in [7, 11) is 0. The van der Waals surface area contributed by atoms with Crippen LogP contribution in [0.1, 0.15) is 21.5 Å². The van der Waals surface area contributed by atoms with Gasteiger partial charge in [-0.1, -0.05) is 36.4 Å². The van der Waals surface area contributed by atoms with E-state index in [1.54, 1.807) is 42.5 Å². The number of benzene rings is 3. The van der Waals surface area contributed by atoms with E-state index in [1.165, 1.54) is 18.2 Å². The van der Waals surface area contributed by atoms with E-state index >= 15 is 0 Å². The van der Waals surface area contributed by atoms with Crippen LogP contribution >= 0.6 is 0 Å². The van der Waals surface area contributed by atoms with Gasteiger partial charge in [0, 0.05) is 32.8 Å².